The summed E-state index contributed by atoms with van der Waals surface area (Å²) in [7, 11) is 0. The molecule has 1 aromatic carbocycles. The summed E-state index contributed by atoms with van der Waals surface area (Å²) in [5, 5.41) is 12.4. The van der Waals surface area contributed by atoms with Crippen LogP contribution in [0.3, 0.4) is 0 Å². The Balaban J connectivity index is 2.46. The van der Waals surface area contributed by atoms with Crippen LogP contribution in [-0.4, -0.2) is 5.11 Å². The maximum Gasteiger partial charge on any atom is 0.113 e. The van der Waals surface area contributed by atoms with Crippen molar-refractivity contribution in [2.45, 2.75) is 32.8 Å². The molecule has 0 aliphatic carbocycles. The molecule has 2 aromatic rings. The van der Waals surface area contributed by atoms with E-state index in [4.69, 9.17) is 0 Å². The minimum absolute atomic E-state index is 0.431. The summed E-state index contributed by atoms with van der Waals surface area (Å²) in [5.41, 5.74) is 3.47. The molecule has 0 aliphatic heterocycles. The van der Waals surface area contributed by atoms with Gasteiger partial charge in [-0.1, -0.05) is 43.7 Å². The van der Waals surface area contributed by atoms with Gasteiger partial charge in [-0.3, -0.25) is 0 Å². The highest BCUT2D eigenvalue weighted by molar-refractivity contribution is 7.10. The number of hydrogen-bond donors (Lipinski definition) is 1. The average molecular weight is 246 g/mol. The van der Waals surface area contributed by atoms with E-state index in [1.165, 1.54) is 11.1 Å². The molecule has 1 aromatic heterocycles. The molecule has 0 amide bonds. The van der Waals surface area contributed by atoms with Crippen LogP contribution in [-0.2, 0) is 0 Å². The Morgan fingerprint density at radius 3 is 2.47 bits per heavy atom. The number of aliphatic hydroxyl groups is 1. The summed E-state index contributed by atoms with van der Waals surface area (Å²) >= 11 is 1.60. The normalized spacial score (nSPS) is 13.0. The Morgan fingerprint density at radius 2 is 1.88 bits per heavy atom. The molecule has 0 bridgehead atoms. The second-order valence-corrected chi connectivity index (χ2v) is 5.68. The topological polar surface area (TPSA) is 20.2 Å². The predicted molar refractivity (Wildman–Crippen MR) is 73.6 cm³/mol. The zero-order valence-corrected chi connectivity index (χ0v) is 11.3. The molecule has 0 saturated heterocycles. The van der Waals surface area contributed by atoms with Gasteiger partial charge in [0.15, 0.2) is 0 Å². The lowest BCUT2D eigenvalue weighted by atomic mass is 9.92. The van der Waals surface area contributed by atoms with Crippen LogP contribution in [0.15, 0.2) is 35.7 Å². The second kappa shape index (κ2) is 5.03. The van der Waals surface area contributed by atoms with Gasteiger partial charge in [0.2, 0.25) is 0 Å². The highest BCUT2D eigenvalue weighted by Crippen LogP contribution is 2.32. The van der Waals surface area contributed by atoms with Gasteiger partial charge in [0.1, 0.15) is 6.10 Å². The number of benzene rings is 1. The third-order valence-electron chi connectivity index (χ3n) is 2.97. The van der Waals surface area contributed by atoms with Crippen molar-refractivity contribution < 1.29 is 5.11 Å². The molecule has 2 heteroatoms. The number of aryl methyl sites for hydroxylation is 1. The van der Waals surface area contributed by atoms with Crippen molar-refractivity contribution in [2.24, 2.45) is 0 Å². The van der Waals surface area contributed by atoms with E-state index in [-0.39, 0.29) is 0 Å². The van der Waals surface area contributed by atoms with Crippen molar-refractivity contribution in [1.82, 2.24) is 0 Å². The summed E-state index contributed by atoms with van der Waals surface area (Å²) in [4.78, 5) is 1.01. The Hall–Kier alpha value is -1.12. The van der Waals surface area contributed by atoms with Crippen molar-refractivity contribution >= 4 is 11.3 Å². The Bertz CT molecular complexity index is 486. The smallest absolute Gasteiger partial charge is 0.113 e. The lowest BCUT2D eigenvalue weighted by molar-refractivity contribution is 0.222. The molecule has 0 radical (unpaired) electrons. The van der Waals surface area contributed by atoms with Crippen LogP contribution in [0, 0.1) is 6.92 Å². The van der Waals surface area contributed by atoms with Crippen LogP contribution in [0.25, 0.3) is 0 Å². The van der Waals surface area contributed by atoms with E-state index in [9.17, 15) is 5.11 Å². The lowest BCUT2D eigenvalue weighted by Crippen LogP contribution is -2.04. The van der Waals surface area contributed by atoms with Crippen molar-refractivity contribution in [3.8, 4) is 0 Å². The summed E-state index contributed by atoms with van der Waals surface area (Å²) in [6.45, 7) is 6.39. The van der Waals surface area contributed by atoms with E-state index < -0.39 is 6.10 Å². The zero-order chi connectivity index (χ0) is 12.4. The maximum absolute atomic E-state index is 10.4. The number of rotatable bonds is 3. The third-order valence-corrected chi connectivity index (χ3v) is 3.90. The molecule has 0 fully saturated rings. The van der Waals surface area contributed by atoms with Gasteiger partial charge in [0.05, 0.1) is 0 Å². The van der Waals surface area contributed by atoms with Crippen molar-refractivity contribution in [2.75, 3.05) is 0 Å². The van der Waals surface area contributed by atoms with Gasteiger partial charge < -0.3 is 5.11 Å². The van der Waals surface area contributed by atoms with Crippen LogP contribution < -0.4 is 0 Å². The van der Waals surface area contributed by atoms with Crippen molar-refractivity contribution in [1.29, 1.82) is 0 Å². The van der Waals surface area contributed by atoms with Crippen LogP contribution >= 0.6 is 11.3 Å². The Kier molecular flexibility index (Phi) is 3.65. The van der Waals surface area contributed by atoms with E-state index >= 15 is 0 Å². The van der Waals surface area contributed by atoms with Crippen molar-refractivity contribution in [3.05, 3.63) is 57.3 Å². The number of hydrogen-bond acceptors (Lipinski definition) is 2. The fourth-order valence-corrected chi connectivity index (χ4v) is 2.78. The van der Waals surface area contributed by atoms with E-state index in [1.807, 2.05) is 17.5 Å². The van der Waals surface area contributed by atoms with Crippen molar-refractivity contribution in [3.63, 3.8) is 0 Å². The monoisotopic (exact) mass is 246 g/mol. The van der Waals surface area contributed by atoms with E-state index in [0.29, 0.717) is 5.92 Å². The summed E-state index contributed by atoms with van der Waals surface area (Å²) in [6, 6.07) is 10.3. The highest BCUT2D eigenvalue weighted by atomic mass is 32.1. The van der Waals surface area contributed by atoms with Gasteiger partial charge in [0, 0.05) is 4.88 Å². The second-order valence-electron chi connectivity index (χ2n) is 4.71. The van der Waals surface area contributed by atoms with Crippen LogP contribution in [0.2, 0.25) is 0 Å². The summed E-state index contributed by atoms with van der Waals surface area (Å²) in [5.74, 6) is 0.431. The predicted octanol–water partition coefficient (Wildman–Crippen LogP) is 4.26. The van der Waals surface area contributed by atoms with E-state index in [2.05, 4.69) is 39.0 Å². The molecular weight excluding hydrogens is 228 g/mol. The molecular formula is C15H18OS. The van der Waals surface area contributed by atoms with Crippen LogP contribution in [0.1, 0.15) is 47.4 Å². The quantitative estimate of drug-likeness (QED) is 0.858. The van der Waals surface area contributed by atoms with Gasteiger partial charge in [0.25, 0.3) is 0 Å². The number of aliphatic hydroxyl groups excluding tert-OH is 1. The molecule has 17 heavy (non-hydrogen) atoms. The zero-order valence-electron chi connectivity index (χ0n) is 10.5. The minimum Gasteiger partial charge on any atom is -0.383 e. The fraction of sp³-hybridized carbons (Fsp3) is 0.333. The van der Waals surface area contributed by atoms with Gasteiger partial charge >= 0.3 is 0 Å². The fourth-order valence-electron chi connectivity index (χ4n) is 2.06. The van der Waals surface area contributed by atoms with E-state index in [1.54, 1.807) is 11.3 Å². The first-order valence-corrected chi connectivity index (χ1v) is 6.79. The molecule has 1 unspecified atom stereocenters. The molecule has 1 nitrogen and oxygen atoms in total. The molecule has 90 valence electrons. The molecule has 0 aliphatic rings. The first-order chi connectivity index (χ1) is 8.09. The van der Waals surface area contributed by atoms with Gasteiger partial charge in [-0.05, 0) is 35.4 Å². The molecule has 0 spiro atoms. The SMILES string of the molecule is Cc1ccc(C(C)C)c(C(O)c2cccs2)c1. The van der Waals surface area contributed by atoms with Gasteiger partial charge in [-0.15, -0.1) is 11.3 Å². The summed E-state index contributed by atoms with van der Waals surface area (Å²) in [6.07, 6.45) is -0.493. The largest absolute Gasteiger partial charge is 0.383 e. The first-order valence-electron chi connectivity index (χ1n) is 5.91. The van der Waals surface area contributed by atoms with Crippen LogP contribution in [0.4, 0.5) is 0 Å². The van der Waals surface area contributed by atoms with E-state index in [0.717, 1.165) is 10.4 Å². The highest BCUT2D eigenvalue weighted by Gasteiger charge is 2.17. The summed E-state index contributed by atoms with van der Waals surface area (Å²) < 4.78 is 0. The first kappa shape index (κ1) is 12.3. The van der Waals surface area contributed by atoms with Crippen LogP contribution in [0.5, 0.6) is 0 Å². The standard InChI is InChI=1S/C15H18OS/c1-10(2)12-7-6-11(3)9-13(12)15(16)14-5-4-8-17-14/h4-10,15-16H,1-3H3. The maximum atomic E-state index is 10.4. The molecule has 0 saturated carbocycles. The number of thiophene rings is 1. The van der Waals surface area contributed by atoms with Gasteiger partial charge in [-0.25, -0.2) is 0 Å². The minimum atomic E-state index is -0.493. The molecule has 1 atom stereocenters. The molecule has 2 rings (SSSR count). The molecule has 1 N–H and O–H groups in total. The van der Waals surface area contributed by atoms with Gasteiger partial charge in [-0.2, -0.15) is 0 Å². The molecule has 1 heterocycles. The Morgan fingerprint density at radius 1 is 1.12 bits per heavy atom. The average Bonchev–Trinajstić information content (AvgIpc) is 2.80. The Labute approximate surface area is 107 Å². The lowest BCUT2D eigenvalue weighted by Gasteiger charge is -2.17. The third kappa shape index (κ3) is 2.59.